The van der Waals surface area contributed by atoms with Crippen molar-refractivity contribution in [2.45, 2.75) is 39.5 Å². The molecule has 2 heteroatoms. The lowest BCUT2D eigenvalue weighted by atomic mass is 9.94. The number of hydrogen-bond donors (Lipinski definition) is 0. The van der Waals surface area contributed by atoms with Crippen molar-refractivity contribution in [3.8, 4) is 0 Å². The van der Waals surface area contributed by atoms with E-state index in [-0.39, 0.29) is 5.97 Å². The molecule has 1 aliphatic heterocycles. The summed E-state index contributed by atoms with van der Waals surface area (Å²) in [5.74, 6) is -0.0605. The van der Waals surface area contributed by atoms with E-state index in [0.29, 0.717) is 6.61 Å². The Morgan fingerprint density at radius 2 is 1.83 bits per heavy atom. The van der Waals surface area contributed by atoms with Gasteiger partial charge >= 0.3 is 5.97 Å². The Morgan fingerprint density at radius 3 is 2.50 bits per heavy atom. The Hall–Kier alpha value is -0.790. The summed E-state index contributed by atoms with van der Waals surface area (Å²) in [6.07, 6.45) is 4.43. The number of hydrogen-bond acceptors (Lipinski definition) is 2. The molecule has 0 unspecified atom stereocenters. The van der Waals surface area contributed by atoms with Crippen LogP contribution in [0, 0.1) is 0 Å². The molecule has 68 valence electrons. The van der Waals surface area contributed by atoms with Gasteiger partial charge in [-0.15, -0.1) is 0 Å². The molecule has 2 nitrogen and oxygen atoms in total. The van der Waals surface area contributed by atoms with Crippen molar-refractivity contribution in [1.29, 1.82) is 0 Å². The first-order valence-electron chi connectivity index (χ1n) is 4.76. The summed E-state index contributed by atoms with van der Waals surface area (Å²) in [4.78, 5) is 10.9. The Kier molecular flexibility index (Phi) is 3.32. The van der Waals surface area contributed by atoms with E-state index < -0.39 is 0 Å². The van der Waals surface area contributed by atoms with Gasteiger partial charge in [0.25, 0.3) is 0 Å². The maximum atomic E-state index is 10.9. The summed E-state index contributed by atoms with van der Waals surface area (Å²) in [5, 5.41) is 0. The van der Waals surface area contributed by atoms with Crippen molar-refractivity contribution in [1.82, 2.24) is 0 Å². The van der Waals surface area contributed by atoms with Crippen LogP contribution in [-0.4, -0.2) is 12.6 Å². The average Bonchev–Trinajstić information content (AvgIpc) is 2.53. The molecule has 0 bridgehead atoms. The molecule has 0 fully saturated rings. The van der Waals surface area contributed by atoms with Gasteiger partial charge in [-0.2, -0.15) is 0 Å². The highest BCUT2D eigenvalue weighted by Crippen LogP contribution is 2.29. The van der Waals surface area contributed by atoms with Crippen LogP contribution in [0.25, 0.3) is 0 Å². The predicted molar refractivity (Wildman–Crippen MR) is 47.8 cm³/mol. The summed E-state index contributed by atoms with van der Waals surface area (Å²) in [7, 11) is 0. The van der Waals surface area contributed by atoms with E-state index in [2.05, 4.69) is 0 Å². The van der Waals surface area contributed by atoms with Gasteiger partial charge in [0, 0.05) is 5.57 Å². The van der Waals surface area contributed by atoms with E-state index in [1.807, 2.05) is 13.8 Å². The lowest BCUT2D eigenvalue weighted by molar-refractivity contribution is -0.136. The van der Waals surface area contributed by atoms with Gasteiger partial charge in [-0.05, 0) is 31.3 Å². The lowest BCUT2D eigenvalue weighted by Crippen LogP contribution is -2.01. The highest BCUT2D eigenvalue weighted by molar-refractivity contribution is 5.91. The number of ether oxygens (including phenoxy) is 1. The summed E-state index contributed by atoms with van der Waals surface area (Å²) < 4.78 is 4.89. The number of carbonyl (C=O) groups excluding carboxylic acids is 1. The second kappa shape index (κ2) is 4.29. The van der Waals surface area contributed by atoms with Crippen LogP contribution >= 0.6 is 0 Å². The van der Waals surface area contributed by atoms with Gasteiger partial charge < -0.3 is 4.74 Å². The molecule has 0 radical (unpaired) electrons. The normalized spacial score (nSPS) is 21.0. The van der Waals surface area contributed by atoms with E-state index in [4.69, 9.17) is 4.74 Å². The van der Waals surface area contributed by atoms with Crippen molar-refractivity contribution in [2.24, 2.45) is 0 Å². The van der Waals surface area contributed by atoms with Gasteiger partial charge in [0.2, 0.25) is 0 Å². The van der Waals surface area contributed by atoms with Gasteiger partial charge in [-0.25, -0.2) is 4.79 Å². The molecule has 1 heterocycles. The van der Waals surface area contributed by atoms with Crippen molar-refractivity contribution >= 4 is 5.97 Å². The van der Waals surface area contributed by atoms with Gasteiger partial charge in [0.15, 0.2) is 0 Å². The fraction of sp³-hybridized carbons (Fsp3) is 0.700. The molecule has 1 aliphatic carbocycles. The van der Waals surface area contributed by atoms with Crippen LogP contribution in [0.3, 0.4) is 0 Å². The maximum absolute atomic E-state index is 10.9. The summed E-state index contributed by atoms with van der Waals surface area (Å²) in [5.41, 5.74) is 2.24. The Balaban J connectivity index is 0.000000336. The Bertz CT molecular complexity index is 204. The summed E-state index contributed by atoms with van der Waals surface area (Å²) >= 11 is 0. The maximum Gasteiger partial charge on any atom is 0.334 e. The molecule has 0 atom stereocenters. The minimum Gasteiger partial charge on any atom is -0.458 e. The van der Waals surface area contributed by atoms with Crippen molar-refractivity contribution in [3.05, 3.63) is 11.1 Å². The molecule has 0 saturated carbocycles. The van der Waals surface area contributed by atoms with Crippen molar-refractivity contribution in [3.63, 3.8) is 0 Å². The largest absolute Gasteiger partial charge is 0.458 e. The lowest BCUT2D eigenvalue weighted by Gasteiger charge is -2.08. The molecule has 0 N–H and O–H groups in total. The number of esters is 1. The van der Waals surface area contributed by atoms with E-state index in [0.717, 1.165) is 24.8 Å². The number of rotatable bonds is 0. The second-order valence-corrected chi connectivity index (χ2v) is 2.87. The van der Waals surface area contributed by atoms with E-state index in [1.165, 1.54) is 12.0 Å². The van der Waals surface area contributed by atoms with Gasteiger partial charge in [-0.3, -0.25) is 0 Å². The molecule has 0 saturated heterocycles. The third-order valence-electron chi connectivity index (χ3n) is 2.21. The predicted octanol–water partition coefficient (Wildman–Crippen LogP) is 2.44. The highest BCUT2D eigenvalue weighted by atomic mass is 16.5. The standard InChI is InChI=1S/C8H10O2.C2H6/c9-8-7-4-2-1-3-6(7)5-10-8;1-2/h1-5H2;1-2H3. The minimum atomic E-state index is -0.0605. The molecular weight excluding hydrogens is 152 g/mol. The smallest absolute Gasteiger partial charge is 0.334 e. The van der Waals surface area contributed by atoms with Crippen molar-refractivity contribution < 1.29 is 9.53 Å². The van der Waals surface area contributed by atoms with Crippen LogP contribution in [0.4, 0.5) is 0 Å². The molecule has 0 aromatic heterocycles. The summed E-state index contributed by atoms with van der Waals surface area (Å²) in [6.45, 7) is 4.58. The Morgan fingerprint density at radius 1 is 1.17 bits per heavy atom. The highest BCUT2D eigenvalue weighted by Gasteiger charge is 2.25. The molecule has 2 aliphatic rings. The van der Waals surface area contributed by atoms with E-state index >= 15 is 0 Å². The van der Waals surface area contributed by atoms with Gasteiger partial charge in [0.1, 0.15) is 6.61 Å². The van der Waals surface area contributed by atoms with Crippen molar-refractivity contribution in [2.75, 3.05) is 6.61 Å². The topological polar surface area (TPSA) is 26.3 Å². The van der Waals surface area contributed by atoms with Gasteiger partial charge in [-0.1, -0.05) is 13.8 Å². The second-order valence-electron chi connectivity index (χ2n) is 2.87. The zero-order valence-electron chi connectivity index (χ0n) is 7.85. The van der Waals surface area contributed by atoms with Crippen LogP contribution < -0.4 is 0 Å². The molecule has 0 aromatic carbocycles. The van der Waals surface area contributed by atoms with Crippen LogP contribution in [-0.2, 0) is 9.53 Å². The monoisotopic (exact) mass is 168 g/mol. The van der Waals surface area contributed by atoms with E-state index in [9.17, 15) is 4.79 Å². The quantitative estimate of drug-likeness (QED) is 0.519. The number of cyclic esters (lactones) is 1. The molecule has 12 heavy (non-hydrogen) atoms. The van der Waals surface area contributed by atoms with Crippen LogP contribution in [0.5, 0.6) is 0 Å². The fourth-order valence-electron chi connectivity index (χ4n) is 1.61. The SMILES string of the molecule is CC.O=C1OCC2=C1CCCC2. The first-order chi connectivity index (χ1) is 5.88. The van der Waals surface area contributed by atoms with E-state index in [1.54, 1.807) is 0 Å². The first-order valence-corrected chi connectivity index (χ1v) is 4.76. The molecular formula is C10H16O2. The van der Waals surface area contributed by atoms with Crippen LogP contribution in [0.1, 0.15) is 39.5 Å². The van der Waals surface area contributed by atoms with Crippen LogP contribution in [0.2, 0.25) is 0 Å². The molecule has 0 spiro atoms. The zero-order valence-corrected chi connectivity index (χ0v) is 7.85. The Labute approximate surface area is 73.6 Å². The molecule has 0 amide bonds. The third kappa shape index (κ3) is 1.68. The zero-order chi connectivity index (χ0) is 8.97. The summed E-state index contributed by atoms with van der Waals surface area (Å²) in [6, 6.07) is 0. The average molecular weight is 168 g/mol. The first kappa shape index (κ1) is 9.30. The molecule has 0 aromatic rings. The minimum absolute atomic E-state index is 0.0605. The third-order valence-corrected chi connectivity index (χ3v) is 2.21. The number of carbonyl (C=O) groups is 1. The fourth-order valence-corrected chi connectivity index (χ4v) is 1.61. The van der Waals surface area contributed by atoms with Crippen LogP contribution in [0.15, 0.2) is 11.1 Å². The molecule has 2 rings (SSSR count). The van der Waals surface area contributed by atoms with Gasteiger partial charge in [0.05, 0.1) is 0 Å².